The first-order valence-electron chi connectivity index (χ1n) is 3.84. The van der Waals surface area contributed by atoms with E-state index in [9.17, 15) is 5.11 Å². The van der Waals surface area contributed by atoms with Crippen molar-refractivity contribution in [3.05, 3.63) is 0 Å². The zero-order valence-corrected chi connectivity index (χ0v) is 6.67. The maximum atomic E-state index is 9.36. The number of rotatable bonds is 1. The fourth-order valence-electron chi connectivity index (χ4n) is 1.85. The number of hydrogen-bond donors (Lipinski definition) is 2. The van der Waals surface area contributed by atoms with E-state index in [1.807, 2.05) is 0 Å². The zero-order chi connectivity index (χ0) is 7.78. The molecule has 1 aliphatic carbocycles. The minimum atomic E-state index is -0.278. The van der Waals surface area contributed by atoms with Crippen LogP contribution in [-0.2, 0) is 0 Å². The van der Waals surface area contributed by atoms with E-state index in [0.29, 0.717) is 0 Å². The Kier molecular flexibility index (Phi) is 2.02. The third-order valence-electron chi connectivity index (χ3n) is 2.36. The molecule has 0 unspecified atom stereocenters. The maximum Gasteiger partial charge on any atom is 0.0595 e. The molecule has 0 aromatic heterocycles. The van der Waals surface area contributed by atoms with Crippen molar-refractivity contribution in [2.24, 2.45) is 11.3 Å². The molecule has 0 aromatic rings. The molecule has 0 heterocycles. The monoisotopic (exact) mass is 144 g/mol. The third kappa shape index (κ3) is 1.50. The minimum absolute atomic E-state index is 0.120. The second kappa shape index (κ2) is 2.51. The predicted molar refractivity (Wildman–Crippen MR) is 39.6 cm³/mol. The number of aliphatic hydroxyl groups excluding tert-OH is 2. The first-order valence-corrected chi connectivity index (χ1v) is 3.84. The highest BCUT2D eigenvalue weighted by Gasteiger charge is 2.37. The standard InChI is InChI=1S/C8H16O2/c1-8(2)3-6(5-9)7(10)4-8/h6-7,9-10H,3-5H2,1-2H3/t6-,7+/m0/s1. The Morgan fingerprint density at radius 2 is 2.00 bits per heavy atom. The normalized spacial score (nSPS) is 38.4. The van der Waals surface area contributed by atoms with Crippen LogP contribution < -0.4 is 0 Å². The van der Waals surface area contributed by atoms with Crippen molar-refractivity contribution in [1.29, 1.82) is 0 Å². The van der Waals surface area contributed by atoms with E-state index < -0.39 is 0 Å². The van der Waals surface area contributed by atoms with Crippen LogP contribution in [0.3, 0.4) is 0 Å². The summed E-state index contributed by atoms with van der Waals surface area (Å²) >= 11 is 0. The van der Waals surface area contributed by atoms with E-state index in [4.69, 9.17) is 5.11 Å². The van der Waals surface area contributed by atoms with Crippen LogP contribution >= 0.6 is 0 Å². The Bertz CT molecular complexity index is 120. The molecule has 10 heavy (non-hydrogen) atoms. The number of hydrogen-bond acceptors (Lipinski definition) is 2. The van der Waals surface area contributed by atoms with E-state index >= 15 is 0 Å². The molecule has 0 spiro atoms. The van der Waals surface area contributed by atoms with Gasteiger partial charge in [-0.1, -0.05) is 13.8 Å². The largest absolute Gasteiger partial charge is 0.396 e. The molecule has 1 rings (SSSR count). The van der Waals surface area contributed by atoms with Crippen molar-refractivity contribution in [3.8, 4) is 0 Å². The Balaban J connectivity index is 2.52. The second-order valence-corrected chi connectivity index (χ2v) is 4.08. The topological polar surface area (TPSA) is 40.5 Å². The van der Waals surface area contributed by atoms with Gasteiger partial charge in [0, 0.05) is 12.5 Å². The summed E-state index contributed by atoms with van der Waals surface area (Å²) in [5, 5.41) is 18.2. The molecule has 2 atom stereocenters. The van der Waals surface area contributed by atoms with E-state index in [-0.39, 0.29) is 24.0 Å². The van der Waals surface area contributed by atoms with Gasteiger partial charge in [-0.25, -0.2) is 0 Å². The van der Waals surface area contributed by atoms with Gasteiger partial charge in [-0.2, -0.15) is 0 Å². The van der Waals surface area contributed by atoms with Gasteiger partial charge >= 0.3 is 0 Å². The Hall–Kier alpha value is -0.0800. The smallest absolute Gasteiger partial charge is 0.0595 e. The quantitative estimate of drug-likeness (QED) is 0.571. The Labute approximate surface area is 61.9 Å². The van der Waals surface area contributed by atoms with Crippen LogP contribution in [0.5, 0.6) is 0 Å². The van der Waals surface area contributed by atoms with Crippen LogP contribution in [0.1, 0.15) is 26.7 Å². The highest BCUT2D eigenvalue weighted by molar-refractivity contribution is 4.88. The van der Waals surface area contributed by atoms with E-state index in [1.165, 1.54) is 0 Å². The van der Waals surface area contributed by atoms with Crippen LogP contribution in [-0.4, -0.2) is 22.9 Å². The van der Waals surface area contributed by atoms with Gasteiger partial charge in [-0.05, 0) is 18.3 Å². The fourth-order valence-corrected chi connectivity index (χ4v) is 1.85. The molecule has 1 aliphatic rings. The van der Waals surface area contributed by atoms with Crippen LogP contribution in [0.15, 0.2) is 0 Å². The summed E-state index contributed by atoms with van der Waals surface area (Å²) in [4.78, 5) is 0. The van der Waals surface area contributed by atoms with Gasteiger partial charge in [0.2, 0.25) is 0 Å². The summed E-state index contributed by atoms with van der Waals surface area (Å²) in [6.45, 7) is 4.39. The summed E-state index contributed by atoms with van der Waals surface area (Å²) in [5.41, 5.74) is 0.229. The molecule has 0 amide bonds. The molecule has 2 N–H and O–H groups in total. The first-order chi connectivity index (χ1) is 4.55. The van der Waals surface area contributed by atoms with Crippen molar-refractivity contribution in [1.82, 2.24) is 0 Å². The lowest BCUT2D eigenvalue weighted by atomic mass is 9.91. The molecule has 0 aromatic carbocycles. The lowest BCUT2D eigenvalue weighted by Crippen LogP contribution is -2.16. The molecule has 1 saturated carbocycles. The lowest BCUT2D eigenvalue weighted by Gasteiger charge is -2.15. The van der Waals surface area contributed by atoms with Crippen molar-refractivity contribution in [2.75, 3.05) is 6.61 Å². The highest BCUT2D eigenvalue weighted by Crippen LogP contribution is 2.40. The average Bonchev–Trinajstić information content (AvgIpc) is 2.05. The van der Waals surface area contributed by atoms with Crippen LogP contribution in [0.4, 0.5) is 0 Å². The zero-order valence-electron chi connectivity index (χ0n) is 6.67. The molecule has 2 heteroatoms. The molecule has 0 aliphatic heterocycles. The maximum absolute atomic E-state index is 9.36. The molecular formula is C8H16O2. The lowest BCUT2D eigenvalue weighted by molar-refractivity contribution is 0.0901. The van der Waals surface area contributed by atoms with Gasteiger partial charge in [0.1, 0.15) is 0 Å². The van der Waals surface area contributed by atoms with Crippen molar-refractivity contribution >= 4 is 0 Å². The molecule has 1 fully saturated rings. The molecule has 0 radical (unpaired) electrons. The van der Waals surface area contributed by atoms with Gasteiger partial charge in [-0.15, -0.1) is 0 Å². The van der Waals surface area contributed by atoms with Gasteiger partial charge in [-0.3, -0.25) is 0 Å². The van der Waals surface area contributed by atoms with Crippen LogP contribution in [0.2, 0.25) is 0 Å². The summed E-state index contributed by atoms with van der Waals surface area (Å²) in [6, 6.07) is 0. The molecule has 2 nitrogen and oxygen atoms in total. The summed E-state index contributed by atoms with van der Waals surface area (Å²) in [5.74, 6) is 0.120. The van der Waals surface area contributed by atoms with E-state index in [1.54, 1.807) is 0 Å². The number of aliphatic hydroxyl groups is 2. The van der Waals surface area contributed by atoms with Crippen molar-refractivity contribution in [3.63, 3.8) is 0 Å². The molecule has 0 saturated heterocycles. The summed E-state index contributed by atoms with van der Waals surface area (Å²) in [6.07, 6.45) is 1.50. The Morgan fingerprint density at radius 1 is 1.40 bits per heavy atom. The molecular weight excluding hydrogens is 128 g/mol. The summed E-state index contributed by atoms with van der Waals surface area (Å²) < 4.78 is 0. The van der Waals surface area contributed by atoms with Gasteiger partial charge in [0.05, 0.1) is 6.10 Å². The third-order valence-corrected chi connectivity index (χ3v) is 2.36. The average molecular weight is 144 g/mol. The first kappa shape index (κ1) is 8.02. The van der Waals surface area contributed by atoms with Crippen LogP contribution in [0, 0.1) is 11.3 Å². The SMILES string of the molecule is CC1(C)C[C@@H](CO)[C@H](O)C1. The van der Waals surface area contributed by atoms with Crippen molar-refractivity contribution < 1.29 is 10.2 Å². The second-order valence-electron chi connectivity index (χ2n) is 4.08. The van der Waals surface area contributed by atoms with Gasteiger partial charge in [0.15, 0.2) is 0 Å². The fraction of sp³-hybridized carbons (Fsp3) is 1.00. The van der Waals surface area contributed by atoms with E-state index in [0.717, 1.165) is 12.8 Å². The highest BCUT2D eigenvalue weighted by atomic mass is 16.3. The Morgan fingerprint density at radius 3 is 2.20 bits per heavy atom. The predicted octanol–water partition coefficient (Wildman–Crippen LogP) is 0.776. The minimum Gasteiger partial charge on any atom is -0.396 e. The van der Waals surface area contributed by atoms with Crippen LogP contribution in [0.25, 0.3) is 0 Å². The van der Waals surface area contributed by atoms with E-state index in [2.05, 4.69) is 13.8 Å². The summed E-state index contributed by atoms with van der Waals surface area (Å²) in [7, 11) is 0. The molecule has 0 bridgehead atoms. The van der Waals surface area contributed by atoms with Crippen molar-refractivity contribution in [2.45, 2.75) is 32.8 Å². The molecule has 60 valence electrons. The van der Waals surface area contributed by atoms with Gasteiger partial charge in [0.25, 0.3) is 0 Å². The van der Waals surface area contributed by atoms with Gasteiger partial charge < -0.3 is 10.2 Å².